The van der Waals surface area contributed by atoms with Gasteiger partial charge in [-0.15, -0.1) is 0 Å². The normalized spacial score (nSPS) is 15.4. The highest BCUT2D eigenvalue weighted by molar-refractivity contribution is 5.97. The van der Waals surface area contributed by atoms with Crippen molar-refractivity contribution in [1.82, 2.24) is 10.2 Å². The number of hydrogen-bond acceptors (Lipinski definition) is 4. The van der Waals surface area contributed by atoms with Gasteiger partial charge in [-0.05, 0) is 30.5 Å². The van der Waals surface area contributed by atoms with Crippen LogP contribution in [0, 0.1) is 5.41 Å². The summed E-state index contributed by atoms with van der Waals surface area (Å²) < 4.78 is 5.54. The van der Waals surface area contributed by atoms with Crippen molar-refractivity contribution in [3.63, 3.8) is 0 Å². The zero-order valence-corrected chi connectivity index (χ0v) is 16.2. The van der Waals surface area contributed by atoms with Gasteiger partial charge in [0.25, 0.3) is 11.8 Å². The molecule has 0 heterocycles. The minimum atomic E-state index is -0.613. The summed E-state index contributed by atoms with van der Waals surface area (Å²) in [5.74, 6) is -0.0961. The molecule has 0 saturated heterocycles. The minimum Gasteiger partial charge on any atom is -0.483 e. The summed E-state index contributed by atoms with van der Waals surface area (Å²) in [4.78, 5) is 25.9. The van der Waals surface area contributed by atoms with Crippen molar-refractivity contribution < 1.29 is 19.4 Å². The molecule has 1 fully saturated rings. The molecule has 0 radical (unpaired) electrons. The molecule has 0 unspecified atom stereocenters. The van der Waals surface area contributed by atoms with Gasteiger partial charge < -0.3 is 20.1 Å². The molecule has 28 heavy (non-hydrogen) atoms. The van der Waals surface area contributed by atoms with Crippen LogP contribution in [0.25, 0.3) is 0 Å². The lowest BCUT2D eigenvalue weighted by molar-refractivity contribution is -0.130. The van der Waals surface area contributed by atoms with E-state index in [1.807, 2.05) is 30.3 Å². The molecule has 3 rings (SSSR count). The first-order valence-corrected chi connectivity index (χ1v) is 9.36. The first kappa shape index (κ1) is 19.9. The van der Waals surface area contributed by atoms with E-state index in [1.54, 1.807) is 38.4 Å². The molecule has 6 nitrogen and oxygen atoms in total. The monoisotopic (exact) mass is 382 g/mol. The van der Waals surface area contributed by atoms with E-state index in [0.717, 1.165) is 18.4 Å². The average molecular weight is 382 g/mol. The topological polar surface area (TPSA) is 78.9 Å². The van der Waals surface area contributed by atoms with E-state index in [9.17, 15) is 14.7 Å². The summed E-state index contributed by atoms with van der Waals surface area (Å²) in [7, 11) is 3.30. The lowest BCUT2D eigenvalue weighted by Gasteiger charge is -2.23. The predicted molar refractivity (Wildman–Crippen MR) is 106 cm³/mol. The van der Waals surface area contributed by atoms with Crippen molar-refractivity contribution in [2.24, 2.45) is 5.41 Å². The molecule has 0 bridgehead atoms. The first-order valence-electron chi connectivity index (χ1n) is 9.36. The predicted octanol–water partition coefficient (Wildman–Crippen LogP) is 2.40. The Labute approximate surface area is 165 Å². The number of amides is 2. The number of aliphatic hydroxyl groups is 1. The highest BCUT2D eigenvalue weighted by Gasteiger charge is 2.49. The van der Waals surface area contributed by atoms with Gasteiger partial charge in [0.2, 0.25) is 0 Å². The van der Waals surface area contributed by atoms with Crippen molar-refractivity contribution in [3.05, 3.63) is 65.7 Å². The van der Waals surface area contributed by atoms with Gasteiger partial charge in [-0.2, -0.15) is 0 Å². The molecule has 0 spiro atoms. The van der Waals surface area contributed by atoms with E-state index < -0.39 is 6.10 Å². The van der Waals surface area contributed by atoms with Crippen LogP contribution in [-0.4, -0.2) is 49.1 Å². The number of carbonyl (C=O) groups excluding carboxylic acids is 2. The maximum Gasteiger partial charge on any atom is 0.259 e. The molecule has 2 aromatic rings. The number of nitrogens with one attached hydrogen (secondary N) is 1. The summed E-state index contributed by atoms with van der Waals surface area (Å²) in [5.41, 5.74) is 0.910. The van der Waals surface area contributed by atoms with Gasteiger partial charge in [-0.3, -0.25) is 9.59 Å². The second-order valence-electron chi connectivity index (χ2n) is 7.43. The first-order chi connectivity index (χ1) is 13.4. The summed E-state index contributed by atoms with van der Waals surface area (Å²) in [6.45, 7) is 0.251. The molecule has 1 aliphatic carbocycles. The van der Waals surface area contributed by atoms with Gasteiger partial charge in [-0.1, -0.05) is 42.5 Å². The maximum atomic E-state index is 12.7. The third kappa shape index (κ3) is 4.51. The number of para-hydroxylation sites is 1. The van der Waals surface area contributed by atoms with Crippen molar-refractivity contribution >= 4 is 11.8 Å². The van der Waals surface area contributed by atoms with Crippen LogP contribution >= 0.6 is 0 Å². The van der Waals surface area contributed by atoms with Crippen LogP contribution in [0.15, 0.2) is 54.6 Å². The zero-order valence-electron chi connectivity index (χ0n) is 16.2. The molecule has 1 saturated carbocycles. The van der Waals surface area contributed by atoms with Crippen LogP contribution in [0.3, 0.4) is 0 Å². The van der Waals surface area contributed by atoms with Gasteiger partial charge in [0.05, 0.1) is 11.7 Å². The van der Waals surface area contributed by atoms with E-state index in [4.69, 9.17) is 4.74 Å². The second-order valence-corrected chi connectivity index (χ2v) is 7.43. The van der Waals surface area contributed by atoms with Crippen molar-refractivity contribution in [3.8, 4) is 5.75 Å². The lowest BCUT2D eigenvalue weighted by Crippen LogP contribution is -2.34. The summed E-state index contributed by atoms with van der Waals surface area (Å²) in [6, 6.07) is 16.4. The van der Waals surface area contributed by atoms with Crippen LogP contribution in [-0.2, 0) is 4.79 Å². The Hall–Kier alpha value is -2.86. The molecule has 1 atom stereocenters. The Kier molecular flexibility index (Phi) is 5.99. The van der Waals surface area contributed by atoms with E-state index in [2.05, 4.69) is 5.32 Å². The lowest BCUT2D eigenvalue weighted by atomic mass is 9.92. The number of rotatable bonds is 8. The van der Waals surface area contributed by atoms with Crippen LogP contribution in [0.4, 0.5) is 0 Å². The van der Waals surface area contributed by atoms with E-state index in [1.165, 1.54) is 4.90 Å². The quantitative estimate of drug-likeness (QED) is 0.735. The second kappa shape index (κ2) is 8.44. The number of nitrogens with zero attached hydrogens (tertiary/aromatic N) is 1. The summed E-state index contributed by atoms with van der Waals surface area (Å²) >= 11 is 0. The van der Waals surface area contributed by atoms with E-state index in [-0.39, 0.29) is 23.8 Å². The van der Waals surface area contributed by atoms with E-state index in [0.29, 0.717) is 17.9 Å². The standard InChI is InChI=1S/C22H26N2O4/c1-24(2)19(25)14-28-18-11-7-6-10-17(18)21(27)23-15-22(12-13-22)20(26)16-8-4-3-5-9-16/h3-11,20,26H,12-15H2,1-2H3,(H,23,27)/t20-/m0/s1. The number of aliphatic hydroxyl groups excluding tert-OH is 1. The highest BCUT2D eigenvalue weighted by Crippen LogP contribution is 2.54. The fraction of sp³-hybridized carbons (Fsp3) is 0.364. The van der Waals surface area contributed by atoms with Crippen LogP contribution in [0.2, 0.25) is 0 Å². The maximum absolute atomic E-state index is 12.7. The van der Waals surface area contributed by atoms with Crippen LogP contribution < -0.4 is 10.1 Å². The van der Waals surface area contributed by atoms with Gasteiger partial charge in [0.15, 0.2) is 6.61 Å². The van der Waals surface area contributed by atoms with Gasteiger partial charge in [0.1, 0.15) is 5.75 Å². The molecule has 2 amide bonds. The largest absolute Gasteiger partial charge is 0.483 e. The average Bonchev–Trinajstić information content (AvgIpc) is 3.51. The molecular weight excluding hydrogens is 356 g/mol. The smallest absolute Gasteiger partial charge is 0.259 e. The summed E-state index contributed by atoms with van der Waals surface area (Å²) in [6.07, 6.45) is 1.11. The molecule has 2 aromatic carbocycles. The van der Waals surface area contributed by atoms with E-state index >= 15 is 0 Å². The Morgan fingerprint density at radius 3 is 2.39 bits per heavy atom. The Morgan fingerprint density at radius 1 is 1.11 bits per heavy atom. The fourth-order valence-electron chi connectivity index (χ4n) is 3.10. The zero-order chi connectivity index (χ0) is 20.1. The van der Waals surface area contributed by atoms with Crippen LogP contribution in [0.1, 0.15) is 34.9 Å². The third-order valence-electron chi connectivity index (χ3n) is 5.17. The molecule has 6 heteroatoms. The Bertz CT molecular complexity index is 831. The Balaban J connectivity index is 1.63. The number of ether oxygens (including phenoxy) is 1. The molecule has 0 aromatic heterocycles. The van der Waals surface area contributed by atoms with Gasteiger partial charge in [0, 0.05) is 26.1 Å². The van der Waals surface area contributed by atoms with Crippen LogP contribution in [0.5, 0.6) is 5.75 Å². The number of likely N-dealkylation sites (N-methyl/N-ethyl adjacent to an activating group) is 1. The number of benzene rings is 2. The summed E-state index contributed by atoms with van der Waals surface area (Å²) in [5, 5.41) is 13.7. The van der Waals surface area contributed by atoms with Gasteiger partial charge >= 0.3 is 0 Å². The molecule has 1 aliphatic rings. The fourth-order valence-corrected chi connectivity index (χ4v) is 3.10. The molecule has 148 valence electrons. The third-order valence-corrected chi connectivity index (χ3v) is 5.17. The molecule has 0 aliphatic heterocycles. The molecular formula is C22H26N2O4. The number of hydrogen-bond donors (Lipinski definition) is 2. The SMILES string of the molecule is CN(C)C(=O)COc1ccccc1C(=O)NCC1([C@@H](O)c2ccccc2)CC1. The molecule has 2 N–H and O–H groups in total. The Morgan fingerprint density at radius 2 is 1.75 bits per heavy atom. The minimum absolute atomic E-state index is 0.131. The van der Waals surface area contributed by atoms with Crippen molar-refractivity contribution in [2.45, 2.75) is 18.9 Å². The van der Waals surface area contributed by atoms with Gasteiger partial charge in [-0.25, -0.2) is 0 Å². The van der Waals surface area contributed by atoms with Crippen molar-refractivity contribution in [1.29, 1.82) is 0 Å². The number of carbonyl (C=O) groups is 2. The van der Waals surface area contributed by atoms with Crippen molar-refractivity contribution in [2.75, 3.05) is 27.2 Å². The highest BCUT2D eigenvalue weighted by atomic mass is 16.5.